The first-order chi connectivity index (χ1) is 6.97. The first-order valence-corrected chi connectivity index (χ1v) is 6.91. The second-order valence-electron chi connectivity index (χ2n) is 4.25. The standard InChI is InChI=1S/C11H15NO2S/c1-8-7-9-5-3-4-6-10(9)11(8)12-15(2,13)14/h3-6,8,11-12H,7H2,1-2H3/t8-,11+/m1/s1. The summed E-state index contributed by atoms with van der Waals surface area (Å²) in [6.07, 6.45) is 2.16. The van der Waals surface area contributed by atoms with Gasteiger partial charge in [0.1, 0.15) is 0 Å². The number of hydrogen-bond acceptors (Lipinski definition) is 2. The number of nitrogens with one attached hydrogen (secondary N) is 1. The number of sulfonamides is 1. The minimum absolute atomic E-state index is 0.0591. The minimum Gasteiger partial charge on any atom is -0.213 e. The molecule has 0 saturated heterocycles. The lowest BCUT2D eigenvalue weighted by molar-refractivity contribution is 0.467. The highest BCUT2D eigenvalue weighted by atomic mass is 32.2. The van der Waals surface area contributed by atoms with E-state index in [1.807, 2.05) is 18.2 Å². The Labute approximate surface area is 90.6 Å². The van der Waals surface area contributed by atoms with Crippen molar-refractivity contribution in [1.82, 2.24) is 4.72 Å². The van der Waals surface area contributed by atoms with E-state index < -0.39 is 10.0 Å². The van der Waals surface area contributed by atoms with Crippen LogP contribution in [0.25, 0.3) is 0 Å². The van der Waals surface area contributed by atoms with Crippen LogP contribution in [-0.4, -0.2) is 14.7 Å². The van der Waals surface area contributed by atoms with E-state index in [0.717, 1.165) is 12.0 Å². The number of fused-ring (bicyclic) bond motifs is 1. The second-order valence-corrected chi connectivity index (χ2v) is 6.03. The van der Waals surface area contributed by atoms with Crippen LogP contribution in [0.1, 0.15) is 24.1 Å². The van der Waals surface area contributed by atoms with E-state index in [1.165, 1.54) is 11.8 Å². The van der Waals surface area contributed by atoms with Crippen LogP contribution in [0.3, 0.4) is 0 Å². The van der Waals surface area contributed by atoms with Crippen molar-refractivity contribution >= 4 is 10.0 Å². The lowest BCUT2D eigenvalue weighted by atomic mass is 10.0. The summed E-state index contributed by atoms with van der Waals surface area (Å²) >= 11 is 0. The molecule has 1 aliphatic carbocycles. The van der Waals surface area contributed by atoms with Crippen molar-refractivity contribution in [2.75, 3.05) is 6.26 Å². The summed E-state index contributed by atoms with van der Waals surface area (Å²) in [4.78, 5) is 0. The number of rotatable bonds is 2. The Morgan fingerprint density at radius 2 is 2.00 bits per heavy atom. The van der Waals surface area contributed by atoms with Crippen LogP contribution in [0.15, 0.2) is 24.3 Å². The van der Waals surface area contributed by atoms with Gasteiger partial charge in [-0.15, -0.1) is 0 Å². The largest absolute Gasteiger partial charge is 0.213 e. The zero-order valence-electron chi connectivity index (χ0n) is 8.90. The SMILES string of the molecule is C[C@@H]1Cc2ccccc2[C@H]1NS(C)(=O)=O. The molecule has 1 aromatic carbocycles. The topological polar surface area (TPSA) is 46.2 Å². The average Bonchev–Trinajstić information content (AvgIpc) is 2.41. The van der Waals surface area contributed by atoms with Gasteiger partial charge in [0.05, 0.1) is 6.26 Å². The highest BCUT2D eigenvalue weighted by molar-refractivity contribution is 7.88. The maximum atomic E-state index is 11.2. The van der Waals surface area contributed by atoms with Crippen molar-refractivity contribution in [1.29, 1.82) is 0 Å². The lowest BCUT2D eigenvalue weighted by Gasteiger charge is -2.16. The molecule has 0 bridgehead atoms. The molecule has 3 nitrogen and oxygen atoms in total. The molecule has 1 aliphatic rings. The third kappa shape index (κ3) is 2.21. The van der Waals surface area contributed by atoms with Gasteiger partial charge in [0.2, 0.25) is 10.0 Å². The van der Waals surface area contributed by atoms with Crippen LogP contribution in [0.5, 0.6) is 0 Å². The molecule has 0 aliphatic heterocycles. The van der Waals surface area contributed by atoms with Gasteiger partial charge >= 0.3 is 0 Å². The van der Waals surface area contributed by atoms with Gasteiger partial charge in [0.15, 0.2) is 0 Å². The van der Waals surface area contributed by atoms with Crippen LogP contribution in [-0.2, 0) is 16.4 Å². The van der Waals surface area contributed by atoms with E-state index in [0.29, 0.717) is 5.92 Å². The molecule has 0 amide bonds. The fraction of sp³-hybridized carbons (Fsp3) is 0.455. The van der Waals surface area contributed by atoms with Gasteiger partial charge in [0.25, 0.3) is 0 Å². The molecule has 0 unspecified atom stereocenters. The van der Waals surface area contributed by atoms with Crippen LogP contribution < -0.4 is 4.72 Å². The zero-order chi connectivity index (χ0) is 11.1. The zero-order valence-corrected chi connectivity index (χ0v) is 9.71. The molecule has 4 heteroatoms. The predicted molar refractivity (Wildman–Crippen MR) is 60.0 cm³/mol. The van der Waals surface area contributed by atoms with Crippen molar-refractivity contribution in [2.45, 2.75) is 19.4 Å². The maximum Gasteiger partial charge on any atom is 0.209 e. The Bertz CT molecular complexity index is 467. The van der Waals surface area contributed by atoms with E-state index in [2.05, 4.69) is 17.7 Å². The van der Waals surface area contributed by atoms with Gasteiger partial charge in [-0.25, -0.2) is 13.1 Å². The molecule has 1 N–H and O–H groups in total. The molecule has 0 spiro atoms. The maximum absolute atomic E-state index is 11.2. The first kappa shape index (κ1) is 10.6. The third-order valence-electron chi connectivity index (χ3n) is 2.84. The fourth-order valence-corrected chi connectivity index (χ4v) is 3.03. The van der Waals surface area contributed by atoms with Crippen LogP contribution in [0, 0.1) is 5.92 Å². The Balaban J connectivity index is 2.34. The molecule has 0 saturated carbocycles. The van der Waals surface area contributed by atoms with Crippen LogP contribution in [0.4, 0.5) is 0 Å². The van der Waals surface area contributed by atoms with E-state index >= 15 is 0 Å². The van der Waals surface area contributed by atoms with Gasteiger partial charge < -0.3 is 0 Å². The second kappa shape index (κ2) is 3.61. The molecule has 15 heavy (non-hydrogen) atoms. The molecule has 82 valence electrons. The highest BCUT2D eigenvalue weighted by Gasteiger charge is 2.30. The molecule has 0 radical (unpaired) electrons. The lowest BCUT2D eigenvalue weighted by Crippen LogP contribution is -2.29. The monoisotopic (exact) mass is 225 g/mol. The van der Waals surface area contributed by atoms with E-state index in [9.17, 15) is 8.42 Å². The highest BCUT2D eigenvalue weighted by Crippen LogP contribution is 2.35. The van der Waals surface area contributed by atoms with E-state index in [4.69, 9.17) is 0 Å². The van der Waals surface area contributed by atoms with Crippen LogP contribution >= 0.6 is 0 Å². The van der Waals surface area contributed by atoms with E-state index in [-0.39, 0.29) is 6.04 Å². The van der Waals surface area contributed by atoms with Crippen molar-refractivity contribution in [3.63, 3.8) is 0 Å². The van der Waals surface area contributed by atoms with Gasteiger partial charge in [-0.05, 0) is 23.5 Å². The normalized spacial score (nSPS) is 25.2. The molecule has 0 aromatic heterocycles. The Morgan fingerprint density at radius 3 is 2.67 bits per heavy atom. The Morgan fingerprint density at radius 1 is 1.33 bits per heavy atom. The summed E-state index contributed by atoms with van der Waals surface area (Å²) in [5.74, 6) is 0.331. The predicted octanol–water partition coefficient (Wildman–Crippen LogP) is 1.47. The molecule has 0 fully saturated rings. The van der Waals surface area contributed by atoms with Gasteiger partial charge in [-0.3, -0.25) is 0 Å². The first-order valence-electron chi connectivity index (χ1n) is 5.02. The summed E-state index contributed by atoms with van der Waals surface area (Å²) in [7, 11) is -3.13. The molecule has 2 atom stereocenters. The fourth-order valence-electron chi connectivity index (χ4n) is 2.21. The minimum atomic E-state index is -3.13. The molecule has 1 aromatic rings. The Hall–Kier alpha value is -0.870. The summed E-state index contributed by atoms with van der Waals surface area (Å²) in [5, 5.41) is 0. The van der Waals surface area contributed by atoms with Crippen molar-refractivity contribution in [3.8, 4) is 0 Å². The van der Waals surface area contributed by atoms with Gasteiger partial charge in [-0.1, -0.05) is 31.2 Å². The number of hydrogen-bond donors (Lipinski definition) is 1. The van der Waals surface area contributed by atoms with Gasteiger partial charge in [-0.2, -0.15) is 0 Å². The van der Waals surface area contributed by atoms with Crippen LogP contribution in [0.2, 0.25) is 0 Å². The van der Waals surface area contributed by atoms with Crippen molar-refractivity contribution in [3.05, 3.63) is 35.4 Å². The smallest absolute Gasteiger partial charge is 0.209 e. The summed E-state index contributed by atoms with van der Waals surface area (Å²) in [6, 6.07) is 7.95. The van der Waals surface area contributed by atoms with Crippen molar-refractivity contribution < 1.29 is 8.42 Å². The molecular weight excluding hydrogens is 210 g/mol. The van der Waals surface area contributed by atoms with Crippen molar-refractivity contribution in [2.24, 2.45) is 5.92 Å². The van der Waals surface area contributed by atoms with E-state index in [1.54, 1.807) is 0 Å². The molecular formula is C11H15NO2S. The average molecular weight is 225 g/mol. The molecule has 2 rings (SSSR count). The third-order valence-corrected chi connectivity index (χ3v) is 3.52. The Kier molecular flexibility index (Phi) is 2.56. The van der Waals surface area contributed by atoms with Gasteiger partial charge in [0, 0.05) is 6.04 Å². The summed E-state index contributed by atoms with van der Waals surface area (Å²) in [5.41, 5.74) is 2.38. The molecule has 0 heterocycles. The quantitative estimate of drug-likeness (QED) is 0.828. The summed E-state index contributed by atoms with van der Waals surface area (Å²) < 4.78 is 25.2. The summed E-state index contributed by atoms with van der Waals surface area (Å²) in [6.45, 7) is 2.07. The number of benzene rings is 1.